The molecule has 2 rings (SSSR count). The molecule has 0 heterocycles. The van der Waals surface area contributed by atoms with Crippen LogP contribution in [-0.4, -0.2) is 32.2 Å². The Morgan fingerprint density at radius 2 is 1.84 bits per heavy atom. The van der Waals surface area contributed by atoms with Gasteiger partial charge in [0.1, 0.15) is 11.6 Å². The zero-order valence-electron chi connectivity index (χ0n) is 18.8. The van der Waals surface area contributed by atoms with E-state index in [1.165, 1.54) is 13.2 Å². The molecule has 0 aliphatic carbocycles. The summed E-state index contributed by atoms with van der Waals surface area (Å²) in [7, 11) is 1.52. The summed E-state index contributed by atoms with van der Waals surface area (Å²) in [4.78, 5) is 24.6. The van der Waals surface area contributed by atoms with E-state index in [4.69, 9.17) is 14.2 Å². The average Bonchev–Trinajstić information content (AvgIpc) is 2.78. The van der Waals surface area contributed by atoms with Gasteiger partial charge in [0.2, 0.25) is 0 Å². The molecule has 0 atom stereocenters. The number of hydrogen-bond donors (Lipinski definition) is 1. The number of carbonyl (C=O) groups excluding carboxylic acids is 2. The normalized spacial score (nSPS) is 10.9. The van der Waals surface area contributed by atoms with Crippen molar-refractivity contribution in [3.8, 4) is 17.6 Å². The lowest BCUT2D eigenvalue weighted by molar-refractivity contribution is -0.112. The second kappa shape index (κ2) is 12.2. The fourth-order valence-electron chi connectivity index (χ4n) is 2.72. The van der Waals surface area contributed by atoms with Gasteiger partial charge in [-0.1, -0.05) is 19.9 Å². The molecule has 0 radical (unpaired) electrons. The standard InChI is InChI=1S/C25H28N2O5/c1-5-31-22-11-6-18(15-23(22)30-4)14-20(16-26)24(28)27-21-9-7-19(8-10-21)25(29)32-13-12-17(2)3/h6-11,14-15,17H,5,12-13H2,1-4H3,(H,27,28)/b20-14+. The third-order valence-corrected chi connectivity index (χ3v) is 4.47. The summed E-state index contributed by atoms with van der Waals surface area (Å²) < 4.78 is 16.0. The average molecular weight is 437 g/mol. The monoisotopic (exact) mass is 436 g/mol. The van der Waals surface area contributed by atoms with Crippen LogP contribution in [0.15, 0.2) is 48.0 Å². The molecule has 0 saturated heterocycles. The Morgan fingerprint density at radius 3 is 2.44 bits per heavy atom. The molecule has 0 unspecified atom stereocenters. The van der Waals surface area contributed by atoms with Crippen LogP contribution in [0.2, 0.25) is 0 Å². The second-order valence-electron chi connectivity index (χ2n) is 7.36. The van der Waals surface area contributed by atoms with Gasteiger partial charge in [-0.25, -0.2) is 4.79 Å². The van der Waals surface area contributed by atoms with Crippen LogP contribution in [0.5, 0.6) is 11.5 Å². The summed E-state index contributed by atoms with van der Waals surface area (Å²) in [5.41, 5.74) is 1.40. The van der Waals surface area contributed by atoms with E-state index >= 15 is 0 Å². The Morgan fingerprint density at radius 1 is 1.12 bits per heavy atom. The maximum Gasteiger partial charge on any atom is 0.338 e. The van der Waals surface area contributed by atoms with E-state index in [1.807, 2.05) is 13.0 Å². The lowest BCUT2D eigenvalue weighted by Gasteiger charge is -2.10. The van der Waals surface area contributed by atoms with E-state index in [-0.39, 0.29) is 5.57 Å². The Hall–Kier alpha value is -3.79. The van der Waals surface area contributed by atoms with Gasteiger partial charge in [0.25, 0.3) is 5.91 Å². The maximum absolute atomic E-state index is 12.5. The third-order valence-electron chi connectivity index (χ3n) is 4.47. The molecule has 0 aromatic heterocycles. The first kappa shape index (κ1) is 24.5. The Labute approximate surface area is 188 Å². The smallest absolute Gasteiger partial charge is 0.338 e. The van der Waals surface area contributed by atoms with Crippen molar-refractivity contribution in [2.24, 2.45) is 5.92 Å². The van der Waals surface area contributed by atoms with Crippen molar-refractivity contribution in [3.63, 3.8) is 0 Å². The SMILES string of the molecule is CCOc1ccc(/C=C(\C#N)C(=O)Nc2ccc(C(=O)OCCC(C)C)cc2)cc1OC. The molecule has 32 heavy (non-hydrogen) atoms. The van der Waals surface area contributed by atoms with Crippen molar-refractivity contribution in [1.29, 1.82) is 5.26 Å². The first-order chi connectivity index (χ1) is 15.4. The molecule has 7 heteroatoms. The Bertz CT molecular complexity index is 1000. The molecule has 2 aromatic carbocycles. The molecular formula is C25H28N2O5. The first-order valence-electron chi connectivity index (χ1n) is 10.4. The molecule has 168 valence electrons. The number of hydrogen-bond acceptors (Lipinski definition) is 6. The maximum atomic E-state index is 12.5. The van der Waals surface area contributed by atoms with Crippen LogP contribution in [0.25, 0.3) is 6.08 Å². The number of amides is 1. The largest absolute Gasteiger partial charge is 0.493 e. The van der Waals surface area contributed by atoms with Gasteiger partial charge >= 0.3 is 5.97 Å². The zero-order chi connectivity index (χ0) is 23.5. The van der Waals surface area contributed by atoms with Gasteiger partial charge in [-0.3, -0.25) is 4.79 Å². The number of nitrogens with one attached hydrogen (secondary N) is 1. The van der Waals surface area contributed by atoms with Crippen LogP contribution in [-0.2, 0) is 9.53 Å². The first-order valence-corrected chi connectivity index (χ1v) is 10.4. The number of nitriles is 1. The fraction of sp³-hybridized carbons (Fsp3) is 0.320. The van der Waals surface area contributed by atoms with Crippen molar-refractivity contribution in [1.82, 2.24) is 0 Å². The summed E-state index contributed by atoms with van der Waals surface area (Å²) in [6, 6.07) is 13.4. The highest BCUT2D eigenvalue weighted by Gasteiger charge is 2.12. The van der Waals surface area contributed by atoms with Crippen LogP contribution in [0.1, 0.15) is 43.1 Å². The number of carbonyl (C=O) groups is 2. The number of nitrogens with zero attached hydrogens (tertiary/aromatic N) is 1. The highest BCUT2D eigenvalue weighted by atomic mass is 16.5. The van der Waals surface area contributed by atoms with Crippen LogP contribution in [0.3, 0.4) is 0 Å². The Kier molecular flexibility index (Phi) is 9.30. The molecule has 0 saturated carbocycles. The number of anilines is 1. The van der Waals surface area contributed by atoms with Crippen molar-refractivity contribution in [3.05, 3.63) is 59.2 Å². The Balaban J connectivity index is 2.07. The van der Waals surface area contributed by atoms with E-state index in [1.54, 1.807) is 42.5 Å². The second-order valence-corrected chi connectivity index (χ2v) is 7.36. The van der Waals surface area contributed by atoms with Gasteiger partial charge < -0.3 is 19.5 Å². The highest BCUT2D eigenvalue weighted by molar-refractivity contribution is 6.09. The van der Waals surface area contributed by atoms with Crippen molar-refractivity contribution >= 4 is 23.6 Å². The molecule has 2 aromatic rings. The van der Waals surface area contributed by atoms with Crippen molar-refractivity contribution in [2.75, 3.05) is 25.6 Å². The summed E-state index contributed by atoms with van der Waals surface area (Å²) in [5.74, 6) is 0.566. The molecule has 0 aliphatic heterocycles. The zero-order valence-corrected chi connectivity index (χ0v) is 18.8. The molecule has 0 spiro atoms. The molecule has 0 bridgehead atoms. The summed E-state index contributed by atoms with van der Waals surface area (Å²) >= 11 is 0. The van der Waals surface area contributed by atoms with Crippen LogP contribution < -0.4 is 14.8 Å². The van der Waals surface area contributed by atoms with Crippen molar-refractivity contribution < 1.29 is 23.8 Å². The quantitative estimate of drug-likeness (QED) is 0.325. The minimum Gasteiger partial charge on any atom is -0.493 e. The van der Waals surface area contributed by atoms with E-state index in [2.05, 4.69) is 19.2 Å². The minimum absolute atomic E-state index is 0.0756. The van der Waals surface area contributed by atoms with Crippen LogP contribution in [0, 0.1) is 17.2 Å². The highest BCUT2D eigenvalue weighted by Crippen LogP contribution is 2.29. The number of esters is 1. The molecular weight excluding hydrogens is 408 g/mol. The topological polar surface area (TPSA) is 97.7 Å². The van der Waals surface area contributed by atoms with Crippen LogP contribution in [0.4, 0.5) is 5.69 Å². The van der Waals surface area contributed by atoms with Gasteiger partial charge in [-0.15, -0.1) is 0 Å². The van der Waals surface area contributed by atoms with E-state index < -0.39 is 11.9 Å². The number of methoxy groups -OCH3 is 1. The van der Waals surface area contributed by atoms with Gasteiger partial charge in [0.05, 0.1) is 25.9 Å². The number of rotatable bonds is 10. The lowest BCUT2D eigenvalue weighted by Crippen LogP contribution is -2.14. The molecule has 1 N–H and O–H groups in total. The number of ether oxygens (including phenoxy) is 3. The lowest BCUT2D eigenvalue weighted by atomic mass is 10.1. The van der Waals surface area contributed by atoms with E-state index in [0.29, 0.717) is 47.4 Å². The molecule has 0 aliphatic rings. The van der Waals surface area contributed by atoms with Gasteiger partial charge in [0.15, 0.2) is 11.5 Å². The van der Waals surface area contributed by atoms with E-state index in [9.17, 15) is 14.9 Å². The van der Waals surface area contributed by atoms with Crippen LogP contribution >= 0.6 is 0 Å². The predicted molar refractivity (Wildman–Crippen MR) is 123 cm³/mol. The third kappa shape index (κ3) is 7.17. The van der Waals surface area contributed by atoms with Gasteiger partial charge in [-0.05, 0) is 67.3 Å². The summed E-state index contributed by atoms with van der Waals surface area (Å²) in [6.45, 7) is 6.84. The summed E-state index contributed by atoms with van der Waals surface area (Å²) in [5, 5.41) is 12.1. The molecule has 1 amide bonds. The predicted octanol–water partition coefficient (Wildman–Crippen LogP) is 4.84. The van der Waals surface area contributed by atoms with Gasteiger partial charge in [0, 0.05) is 5.69 Å². The number of benzene rings is 2. The molecule has 7 nitrogen and oxygen atoms in total. The van der Waals surface area contributed by atoms with E-state index in [0.717, 1.165) is 6.42 Å². The van der Waals surface area contributed by atoms with Crippen molar-refractivity contribution in [2.45, 2.75) is 27.2 Å². The molecule has 0 fully saturated rings. The minimum atomic E-state index is -0.562. The van der Waals surface area contributed by atoms with Gasteiger partial charge in [-0.2, -0.15) is 5.26 Å². The summed E-state index contributed by atoms with van der Waals surface area (Å²) in [6.07, 6.45) is 2.26. The fourth-order valence-corrected chi connectivity index (χ4v) is 2.72.